The molecule has 3 atom stereocenters. The van der Waals surface area contributed by atoms with Gasteiger partial charge in [0.25, 0.3) is 0 Å². The Kier molecular flexibility index (Phi) is 6.21. The summed E-state index contributed by atoms with van der Waals surface area (Å²) in [6, 6.07) is 10.4. The Morgan fingerprint density at radius 2 is 2.14 bits per heavy atom. The second-order valence-electron chi connectivity index (χ2n) is 5.66. The van der Waals surface area contributed by atoms with E-state index in [1.807, 2.05) is 18.2 Å². The molecule has 0 saturated carbocycles. The van der Waals surface area contributed by atoms with Crippen LogP contribution >= 0.6 is 0 Å². The second-order valence-corrected chi connectivity index (χ2v) is 5.66. The Hall–Kier alpha value is -1.59. The van der Waals surface area contributed by atoms with Crippen LogP contribution in [-0.4, -0.2) is 47.9 Å². The Bertz CT molecular complexity index is 466. The predicted molar refractivity (Wildman–Crippen MR) is 85.6 cm³/mol. The van der Waals surface area contributed by atoms with E-state index in [0.717, 1.165) is 19.4 Å². The van der Waals surface area contributed by atoms with Crippen LogP contribution in [0.3, 0.4) is 0 Å². The highest BCUT2D eigenvalue weighted by Gasteiger charge is 2.32. The summed E-state index contributed by atoms with van der Waals surface area (Å²) >= 11 is 0. The number of β-amino-alcohol motifs (C(OH)–C–C–N with tert-alkyl or cyclic N) is 1. The van der Waals surface area contributed by atoms with Gasteiger partial charge in [0.15, 0.2) is 0 Å². The van der Waals surface area contributed by atoms with E-state index in [2.05, 4.69) is 29.3 Å². The van der Waals surface area contributed by atoms with E-state index < -0.39 is 12.2 Å². The normalized spacial score (nSPS) is 23.8. The molecule has 1 unspecified atom stereocenters. The van der Waals surface area contributed by atoms with Crippen molar-refractivity contribution >= 4 is 6.09 Å². The SMILES string of the molecule is CCOC(=O)N[C@@H]1CCN(C(CC)c2ccccc2)C[C@H]1O. The van der Waals surface area contributed by atoms with Crippen molar-refractivity contribution in [1.82, 2.24) is 10.2 Å². The molecule has 0 radical (unpaired) electrons. The average molecular weight is 306 g/mol. The maximum Gasteiger partial charge on any atom is 0.407 e. The standard InChI is InChI=1S/C17H26N2O3/c1-3-15(13-8-6-5-7-9-13)19-11-10-14(16(20)12-19)18-17(21)22-4-2/h5-9,14-16,20H,3-4,10-12H2,1-2H3,(H,18,21)/t14-,15?,16-/m1/s1. The zero-order valence-corrected chi connectivity index (χ0v) is 13.4. The van der Waals surface area contributed by atoms with Gasteiger partial charge in [-0.2, -0.15) is 0 Å². The molecule has 5 nitrogen and oxygen atoms in total. The van der Waals surface area contributed by atoms with Gasteiger partial charge in [0.1, 0.15) is 0 Å². The minimum atomic E-state index is -0.573. The van der Waals surface area contributed by atoms with Crippen LogP contribution in [0.25, 0.3) is 0 Å². The molecule has 1 aliphatic rings. The molecule has 22 heavy (non-hydrogen) atoms. The first kappa shape index (κ1) is 16.8. The smallest absolute Gasteiger partial charge is 0.407 e. The molecule has 5 heteroatoms. The number of aliphatic hydroxyl groups excluding tert-OH is 1. The molecule has 1 aliphatic heterocycles. The van der Waals surface area contributed by atoms with E-state index in [9.17, 15) is 9.90 Å². The first-order valence-electron chi connectivity index (χ1n) is 8.06. The van der Waals surface area contributed by atoms with Gasteiger partial charge >= 0.3 is 6.09 Å². The lowest BCUT2D eigenvalue weighted by atomic mass is 9.96. The van der Waals surface area contributed by atoms with Crippen LogP contribution in [0.5, 0.6) is 0 Å². The van der Waals surface area contributed by atoms with Gasteiger partial charge in [0, 0.05) is 19.1 Å². The summed E-state index contributed by atoms with van der Waals surface area (Å²) in [5, 5.41) is 13.1. The lowest BCUT2D eigenvalue weighted by Gasteiger charge is -2.40. The summed E-state index contributed by atoms with van der Waals surface area (Å²) in [6.07, 6.45) is 0.696. The van der Waals surface area contributed by atoms with Gasteiger partial charge in [0.2, 0.25) is 0 Å². The van der Waals surface area contributed by atoms with Crippen molar-refractivity contribution in [2.45, 2.75) is 44.9 Å². The van der Waals surface area contributed by atoms with Crippen molar-refractivity contribution in [2.24, 2.45) is 0 Å². The lowest BCUT2D eigenvalue weighted by molar-refractivity contribution is 0.0181. The summed E-state index contributed by atoms with van der Waals surface area (Å²) in [7, 11) is 0. The molecule has 0 aliphatic carbocycles. The van der Waals surface area contributed by atoms with Crippen molar-refractivity contribution in [2.75, 3.05) is 19.7 Å². The minimum Gasteiger partial charge on any atom is -0.450 e. The number of nitrogens with zero attached hydrogens (tertiary/aromatic N) is 1. The molecule has 0 bridgehead atoms. The van der Waals surface area contributed by atoms with E-state index in [4.69, 9.17) is 4.74 Å². The quantitative estimate of drug-likeness (QED) is 0.876. The largest absolute Gasteiger partial charge is 0.450 e. The Labute approximate surface area is 132 Å². The number of amides is 1. The first-order valence-corrected chi connectivity index (χ1v) is 8.06. The number of hydrogen-bond donors (Lipinski definition) is 2. The van der Waals surface area contributed by atoms with Crippen LogP contribution in [0.1, 0.15) is 38.3 Å². The average Bonchev–Trinajstić information content (AvgIpc) is 2.52. The van der Waals surface area contributed by atoms with Crippen LogP contribution in [-0.2, 0) is 4.74 Å². The van der Waals surface area contributed by atoms with Gasteiger partial charge in [-0.15, -0.1) is 0 Å². The van der Waals surface area contributed by atoms with Crippen LogP contribution in [0, 0.1) is 0 Å². The third-order valence-corrected chi connectivity index (χ3v) is 4.20. The highest BCUT2D eigenvalue weighted by Crippen LogP contribution is 2.27. The first-order chi connectivity index (χ1) is 10.7. The molecular formula is C17H26N2O3. The zero-order chi connectivity index (χ0) is 15.9. The molecule has 2 rings (SSSR count). The molecule has 122 valence electrons. The predicted octanol–water partition coefficient (Wildman–Crippen LogP) is 2.32. The fraction of sp³-hybridized carbons (Fsp3) is 0.588. The van der Waals surface area contributed by atoms with Gasteiger partial charge in [-0.3, -0.25) is 4.90 Å². The van der Waals surface area contributed by atoms with E-state index in [1.54, 1.807) is 6.92 Å². The van der Waals surface area contributed by atoms with Gasteiger partial charge in [0.05, 0.1) is 18.8 Å². The highest BCUT2D eigenvalue weighted by atomic mass is 16.5. The Morgan fingerprint density at radius 1 is 1.41 bits per heavy atom. The number of likely N-dealkylation sites (tertiary alicyclic amines) is 1. The number of rotatable bonds is 5. The van der Waals surface area contributed by atoms with Crippen LogP contribution < -0.4 is 5.32 Å². The van der Waals surface area contributed by atoms with E-state index in [1.165, 1.54) is 5.56 Å². The number of aliphatic hydroxyl groups is 1. The molecule has 1 heterocycles. The second kappa shape index (κ2) is 8.15. The van der Waals surface area contributed by atoms with E-state index in [-0.39, 0.29) is 6.04 Å². The third-order valence-electron chi connectivity index (χ3n) is 4.20. The van der Waals surface area contributed by atoms with E-state index in [0.29, 0.717) is 19.2 Å². The fourth-order valence-corrected chi connectivity index (χ4v) is 3.11. The van der Waals surface area contributed by atoms with Crippen molar-refractivity contribution in [3.05, 3.63) is 35.9 Å². The number of carbonyl (C=O) groups excluding carboxylic acids is 1. The third kappa shape index (κ3) is 4.21. The number of ether oxygens (including phenoxy) is 1. The molecule has 1 amide bonds. The Balaban J connectivity index is 1.95. The maximum absolute atomic E-state index is 11.5. The van der Waals surface area contributed by atoms with Crippen molar-refractivity contribution in [1.29, 1.82) is 0 Å². The molecule has 1 fully saturated rings. The summed E-state index contributed by atoms with van der Waals surface area (Å²) in [6.45, 7) is 5.68. The molecule has 1 aromatic rings. The summed E-state index contributed by atoms with van der Waals surface area (Å²) < 4.78 is 4.88. The molecule has 1 aromatic carbocycles. The van der Waals surface area contributed by atoms with Gasteiger partial charge in [-0.05, 0) is 25.3 Å². The highest BCUT2D eigenvalue weighted by molar-refractivity contribution is 5.67. The number of alkyl carbamates (subject to hydrolysis) is 1. The van der Waals surface area contributed by atoms with Gasteiger partial charge in [-0.25, -0.2) is 4.79 Å². The minimum absolute atomic E-state index is 0.233. The zero-order valence-electron chi connectivity index (χ0n) is 13.4. The molecule has 1 saturated heterocycles. The molecule has 0 aromatic heterocycles. The summed E-state index contributed by atoms with van der Waals surface area (Å²) in [5.41, 5.74) is 1.27. The van der Waals surface area contributed by atoms with Crippen molar-refractivity contribution in [3.63, 3.8) is 0 Å². The van der Waals surface area contributed by atoms with Gasteiger partial charge in [-0.1, -0.05) is 37.3 Å². The fourth-order valence-electron chi connectivity index (χ4n) is 3.11. The lowest BCUT2D eigenvalue weighted by Crippen LogP contribution is -2.54. The summed E-state index contributed by atoms with van der Waals surface area (Å²) in [5.74, 6) is 0. The van der Waals surface area contributed by atoms with E-state index >= 15 is 0 Å². The van der Waals surface area contributed by atoms with Crippen LogP contribution in [0.4, 0.5) is 4.79 Å². The summed E-state index contributed by atoms with van der Waals surface area (Å²) in [4.78, 5) is 13.8. The number of benzene rings is 1. The van der Waals surface area contributed by atoms with Crippen molar-refractivity contribution in [3.8, 4) is 0 Å². The number of nitrogens with one attached hydrogen (secondary N) is 1. The molecule has 2 N–H and O–H groups in total. The molecular weight excluding hydrogens is 280 g/mol. The number of piperidine rings is 1. The monoisotopic (exact) mass is 306 g/mol. The van der Waals surface area contributed by atoms with Crippen LogP contribution in [0.15, 0.2) is 30.3 Å². The molecule has 0 spiro atoms. The number of hydrogen-bond acceptors (Lipinski definition) is 4. The number of carbonyl (C=O) groups is 1. The van der Waals surface area contributed by atoms with Crippen molar-refractivity contribution < 1.29 is 14.6 Å². The topological polar surface area (TPSA) is 61.8 Å². The maximum atomic E-state index is 11.5. The van der Waals surface area contributed by atoms with Gasteiger partial charge < -0.3 is 15.2 Å². The Morgan fingerprint density at radius 3 is 2.73 bits per heavy atom. The van der Waals surface area contributed by atoms with Crippen LogP contribution in [0.2, 0.25) is 0 Å².